The van der Waals surface area contributed by atoms with E-state index in [4.69, 9.17) is 4.42 Å². The van der Waals surface area contributed by atoms with E-state index in [0.29, 0.717) is 0 Å². The van der Waals surface area contributed by atoms with Gasteiger partial charge >= 0.3 is 0 Å². The summed E-state index contributed by atoms with van der Waals surface area (Å²) in [6.07, 6.45) is 0. The van der Waals surface area contributed by atoms with Gasteiger partial charge in [-0.15, -0.1) is 0 Å². The van der Waals surface area contributed by atoms with Gasteiger partial charge in [0.1, 0.15) is 11.2 Å². The van der Waals surface area contributed by atoms with E-state index in [1.54, 1.807) is 0 Å². The van der Waals surface area contributed by atoms with E-state index in [0.717, 1.165) is 56.1 Å². The predicted molar refractivity (Wildman–Crippen MR) is 240 cm³/mol. The Morgan fingerprint density at radius 3 is 1.52 bits per heavy atom. The van der Waals surface area contributed by atoms with Gasteiger partial charge < -0.3 is 14.2 Å². The smallest absolute Gasteiger partial charge is 0.135 e. The maximum absolute atomic E-state index is 6.37. The summed E-state index contributed by atoms with van der Waals surface area (Å²) in [5.41, 5.74) is 15.1. The molecule has 0 unspecified atom stereocenters. The summed E-state index contributed by atoms with van der Waals surface area (Å²) < 4.78 is 6.37. The Morgan fingerprint density at radius 1 is 0.328 bits per heavy atom. The largest absolute Gasteiger partial charge is 0.456 e. The van der Waals surface area contributed by atoms with Crippen LogP contribution in [0.4, 0.5) is 34.1 Å². The summed E-state index contributed by atoms with van der Waals surface area (Å²) in [4.78, 5) is 4.77. The van der Waals surface area contributed by atoms with E-state index in [1.165, 1.54) is 33.4 Å². The molecular formula is C55H38N2O. The van der Waals surface area contributed by atoms with E-state index < -0.39 is 5.41 Å². The van der Waals surface area contributed by atoms with Crippen molar-refractivity contribution in [3.05, 3.63) is 253 Å². The molecule has 0 bridgehead atoms. The van der Waals surface area contributed by atoms with Crippen molar-refractivity contribution >= 4 is 56.1 Å². The normalized spacial score (nSPS) is 12.6. The van der Waals surface area contributed by atoms with Crippen LogP contribution in [-0.2, 0) is 5.41 Å². The van der Waals surface area contributed by atoms with Crippen LogP contribution in [0.1, 0.15) is 22.3 Å². The zero-order chi connectivity index (χ0) is 38.5. The summed E-state index contributed by atoms with van der Waals surface area (Å²) in [6, 6.07) is 83.0. The van der Waals surface area contributed by atoms with Crippen molar-refractivity contribution in [3.63, 3.8) is 0 Å². The summed E-state index contributed by atoms with van der Waals surface area (Å²) in [6.45, 7) is 0. The van der Waals surface area contributed by atoms with Gasteiger partial charge in [-0.2, -0.15) is 0 Å². The number of fused-ring (bicyclic) bond motifs is 6. The summed E-state index contributed by atoms with van der Waals surface area (Å²) in [5.74, 6) is 0. The molecule has 1 heterocycles. The summed E-state index contributed by atoms with van der Waals surface area (Å²) in [5, 5.41) is 2.18. The van der Waals surface area contributed by atoms with Crippen LogP contribution in [0.2, 0.25) is 0 Å². The van der Waals surface area contributed by atoms with Gasteiger partial charge in [-0.3, -0.25) is 0 Å². The molecule has 0 saturated heterocycles. The number of furan rings is 1. The summed E-state index contributed by atoms with van der Waals surface area (Å²) >= 11 is 0. The number of hydrogen-bond donors (Lipinski definition) is 0. The van der Waals surface area contributed by atoms with E-state index in [2.05, 4.69) is 228 Å². The van der Waals surface area contributed by atoms with Gasteiger partial charge in [-0.05, 0) is 101 Å². The van der Waals surface area contributed by atoms with E-state index in [1.807, 2.05) is 12.1 Å². The Kier molecular flexibility index (Phi) is 8.04. The monoisotopic (exact) mass is 742 g/mol. The number of nitrogens with zero attached hydrogens (tertiary/aromatic N) is 2. The lowest BCUT2D eigenvalue weighted by molar-refractivity contribution is 0.669. The minimum absolute atomic E-state index is 0.528. The first kappa shape index (κ1) is 33.7. The molecule has 1 aromatic heterocycles. The molecule has 9 aromatic carbocycles. The molecular weight excluding hydrogens is 705 g/mol. The zero-order valence-corrected chi connectivity index (χ0v) is 31.7. The maximum atomic E-state index is 6.37. The second kappa shape index (κ2) is 13.8. The molecule has 1 aliphatic rings. The van der Waals surface area contributed by atoms with E-state index in [-0.39, 0.29) is 0 Å². The zero-order valence-electron chi connectivity index (χ0n) is 31.7. The Bertz CT molecular complexity index is 2990. The predicted octanol–water partition coefficient (Wildman–Crippen LogP) is 14.9. The van der Waals surface area contributed by atoms with Crippen LogP contribution in [-0.4, -0.2) is 0 Å². The van der Waals surface area contributed by atoms with Crippen molar-refractivity contribution in [3.8, 4) is 11.1 Å². The number of anilines is 6. The lowest BCUT2D eigenvalue weighted by Gasteiger charge is -2.34. The topological polar surface area (TPSA) is 19.6 Å². The molecule has 10 aromatic rings. The molecule has 274 valence electrons. The molecule has 1 aliphatic carbocycles. The van der Waals surface area contributed by atoms with Gasteiger partial charge in [0.05, 0.1) is 11.1 Å². The third-order valence-corrected chi connectivity index (χ3v) is 11.7. The Balaban J connectivity index is 1.20. The molecule has 0 aliphatic heterocycles. The molecule has 3 nitrogen and oxygen atoms in total. The molecule has 0 spiro atoms. The highest BCUT2D eigenvalue weighted by Crippen LogP contribution is 2.59. The molecule has 58 heavy (non-hydrogen) atoms. The number of rotatable bonds is 8. The fourth-order valence-electron chi connectivity index (χ4n) is 9.31. The van der Waals surface area contributed by atoms with Crippen molar-refractivity contribution < 1.29 is 4.42 Å². The standard InChI is InChI=1S/C55H38N2O/c1-5-19-39(20-6-1)55(40-21-7-2-8-22-40)49-31-15-13-30-47(49)54-50(55)32-18-33-51(54)57(45-35-36-53-48(38-45)46-29-14-16-34-52(46)58-53)44-28-17-27-43(37-44)56(41-23-9-3-10-24-41)42-25-11-4-12-26-42/h1-38H. The average Bonchev–Trinajstić information content (AvgIpc) is 3.82. The van der Waals surface area contributed by atoms with Gasteiger partial charge in [0.15, 0.2) is 0 Å². The second-order valence-electron chi connectivity index (χ2n) is 14.9. The van der Waals surface area contributed by atoms with Gasteiger partial charge in [-0.1, -0.05) is 158 Å². The third-order valence-electron chi connectivity index (χ3n) is 11.7. The van der Waals surface area contributed by atoms with Crippen LogP contribution < -0.4 is 9.80 Å². The van der Waals surface area contributed by atoms with Crippen LogP contribution >= 0.6 is 0 Å². The first-order valence-corrected chi connectivity index (χ1v) is 19.9. The molecule has 0 amide bonds. The highest BCUT2D eigenvalue weighted by Gasteiger charge is 2.47. The SMILES string of the molecule is c1ccc(N(c2ccccc2)c2cccc(N(c3ccc4oc5ccccc5c4c3)c3cccc4c3-c3ccccc3C4(c3ccccc3)c3ccccc3)c2)cc1. The number of benzene rings is 9. The second-order valence-corrected chi connectivity index (χ2v) is 14.9. The van der Waals surface area contributed by atoms with Gasteiger partial charge in [-0.25, -0.2) is 0 Å². The van der Waals surface area contributed by atoms with Crippen LogP contribution in [0.25, 0.3) is 33.1 Å². The lowest BCUT2D eigenvalue weighted by Crippen LogP contribution is -2.28. The van der Waals surface area contributed by atoms with Crippen molar-refractivity contribution in [2.45, 2.75) is 5.41 Å². The number of hydrogen-bond acceptors (Lipinski definition) is 3. The van der Waals surface area contributed by atoms with Crippen LogP contribution in [0.3, 0.4) is 0 Å². The molecule has 3 heteroatoms. The van der Waals surface area contributed by atoms with Crippen molar-refractivity contribution in [2.24, 2.45) is 0 Å². The average molecular weight is 743 g/mol. The Hall–Kier alpha value is -7.62. The molecule has 0 N–H and O–H groups in total. The molecule has 0 saturated carbocycles. The van der Waals surface area contributed by atoms with Crippen molar-refractivity contribution in [2.75, 3.05) is 9.80 Å². The van der Waals surface area contributed by atoms with Gasteiger partial charge in [0.25, 0.3) is 0 Å². The minimum atomic E-state index is -0.528. The van der Waals surface area contributed by atoms with Crippen molar-refractivity contribution in [1.29, 1.82) is 0 Å². The van der Waals surface area contributed by atoms with Crippen LogP contribution in [0.15, 0.2) is 235 Å². The van der Waals surface area contributed by atoms with Crippen molar-refractivity contribution in [1.82, 2.24) is 0 Å². The minimum Gasteiger partial charge on any atom is -0.456 e. The van der Waals surface area contributed by atoms with Gasteiger partial charge in [0.2, 0.25) is 0 Å². The Morgan fingerprint density at radius 2 is 0.828 bits per heavy atom. The lowest BCUT2D eigenvalue weighted by atomic mass is 9.68. The molecule has 0 radical (unpaired) electrons. The van der Waals surface area contributed by atoms with E-state index in [9.17, 15) is 0 Å². The quantitative estimate of drug-likeness (QED) is 0.155. The fourth-order valence-corrected chi connectivity index (χ4v) is 9.31. The highest BCUT2D eigenvalue weighted by atomic mass is 16.3. The molecule has 0 atom stereocenters. The van der Waals surface area contributed by atoms with E-state index >= 15 is 0 Å². The van der Waals surface area contributed by atoms with Crippen LogP contribution in [0.5, 0.6) is 0 Å². The number of para-hydroxylation sites is 3. The highest BCUT2D eigenvalue weighted by molar-refractivity contribution is 6.07. The fraction of sp³-hybridized carbons (Fsp3) is 0.0182. The molecule has 0 fully saturated rings. The first-order chi connectivity index (χ1) is 28.8. The third kappa shape index (κ3) is 5.28. The van der Waals surface area contributed by atoms with Crippen LogP contribution in [0, 0.1) is 0 Å². The Labute approximate surface area is 338 Å². The maximum Gasteiger partial charge on any atom is 0.135 e. The molecule has 11 rings (SSSR count). The summed E-state index contributed by atoms with van der Waals surface area (Å²) in [7, 11) is 0. The first-order valence-electron chi connectivity index (χ1n) is 19.9. The van der Waals surface area contributed by atoms with Gasteiger partial charge in [0, 0.05) is 44.8 Å².